The van der Waals surface area contributed by atoms with Gasteiger partial charge in [-0.2, -0.15) is 0 Å². The highest BCUT2D eigenvalue weighted by Crippen LogP contribution is 2.32. The third-order valence-corrected chi connectivity index (χ3v) is 4.15. The summed E-state index contributed by atoms with van der Waals surface area (Å²) in [5.41, 5.74) is 1.36. The predicted molar refractivity (Wildman–Crippen MR) is 79.6 cm³/mol. The minimum absolute atomic E-state index is 0.418. The summed E-state index contributed by atoms with van der Waals surface area (Å²) in [5.74, 6) is 1.75. The van der Waals surface area contributed by atoms with Crippen molar-refractivity contribution >= 4 is 10.8 Å². The highest BCUT2D eigenvalue weighted by Gasteiger charge is 2.33. The molecule has 19 heavy (non-hydrogen) atoms. The first-order valence-electron chi connectivity index (χ1n) is 7.01. The molecule has 0 spiro atoms. The van der Waals surface area contributed by atoms with Crippen molar-refractivity contribution in [1.29, 1.82) is 0 Å². The fourth-order valence-corrected chi connectivity index (χ4v) is 2.61. The van der Waals surface area contributed by atoms with E-state index >= 15 is 0 Å². The Kier molecular flexibility index (Phi) is 3.19. The summed E-state index contributed by atoms with van der Waals surface area (Å²) in [4.78, 5) is 0. The molecule has 2 nitrogen and oxygen atoms in total. The topological polar surface area (TPSA) is 21.3 Å². The molecule has 1 saturated carbocycles. The van der Waals surface area contributed by atoms with E-state index in [2.05, 4.69) is 49.5 Å². The smallest absolute Gasteiger partial charge is 0.119 e. The van der Waals surface area contributed by atoms with Crippen molar-refractivity contribution in [2.75, 3.05) is 7.11 Å². The molecule has 2 aromatic rings. The van der Waals surface area contributed by atoms with Gasteiger partial charge in [0.25, 0.3) is 0 Å². The lowest BCUT2D eigenvalue weighted by atomic mass is 10.0. The van der Waals surface area contributed by atoms with Crippen LogP contribution in [0.2, 0.25) is 0 Å². The van der Waals surface area contributed by atoms with Gasteiger partial charge in [0.15, 0.2) is 0 Å². The summed E-state index contributed by atoms with van der Waals surface area (Å²) in [6, 6.07) is 14.0. The van der Waals surface area contributed by atoms with E-state index in [0.29, 0.717) is 12.1 Å². The highest BCUT2D eigenvalue weighted by molar-refractivity contribution is 5.84. The summed E-state index contributed by atoms with van der Waals surface area (Å²) in [7, 11) is 1.71. The second kappa shape index (κ2) is 4.86. The van der Waals surface area contributed by atoms with Gasteiger partial charge in [-0.1, -0.05) is 25.1 Å². The number of ether oxygens (including phenoxy) is 1. The van der Waals surface area contributed by atoms with E-state index in [1.807, 2.05) is 6.07 Å². The van der Waals surface area contributed by atoms with E-state index in [0.717, 1.165) is 11.7 Å². The Balaban J connectivity index is 1.84. The second-order valence-corrected chi connectivity index (χ2v) is 5.68. The molecule has 3 unspecified atom stereocenters. The summed E-state index contributed by atoms with van der Waals surface area (Å²) >= 11 is 0. The fraction of sp³-hybridized carbons (Fsp3) is 0.412. The van der Waals surface area contributed by atoms with Crippen molar-refractivity contribution in [3.8, 4) is 5.75 Å². The normalized spacial score (nSPS) is 23.3. The zero-order chi connectivity index (χ0) is 13.4. The van der Waals surface area contributed by atoms with Gasteiger partial charge in [0.2, 0.25) is 0 Å². The SMILES string of the molecule is COc1ccc2cc(C(C)NC3CC3C)ccc2c1. The Bertz CT molecular complexity index is 593. The lowest BCUT2D eigenvalue weighted by molar-refractivity contribution is 0.415. The van der Waals surface area contributed by atoms with Crippen molar-refractivity contribution in [3.05, 3.63) is 42.0 Å². The molecule has 1 N–H and O–H groups in total. The number of hydrogen-bond donors (Lipinski definition) is 1. The third-order valence-electron chi connectivity index (χ3n) is 4.15. The number of methoxy groups -OCH3 is 1. The molecule has 1 aliphatic carbocycles. The number of fused-ring (bicyclic) bond motifs is 1. The predicted octanol–water partition coefficient (Wildman–Crippen LogP) is 3.91. The Morgan fingerprint density at radius 1 is 1.16 bits per heavy atom. The molecule has 0 heterocycles. The number of benzene rings is 2. The molecule has 2 aromatic carbocycles. The van der Waals surface area contributed by atoms with Crippen LogP contribution < -0.4 is 10.1 Å². The van der Waals surface area contributed by atoms with Gasteiger partial charge < -0.3 is 10.1 Å². The lowest BCUT2D eigenvalue weighted by Crippen LogP contribution is -2.21. The standard InChI is InChI=1S/C17H21NO/c1-11-8-17(11)18-12(2)13-4-5-15-10-16(19-3)7-6-14(15)9-13/h4-7,9-12,17-18H,8H2,1-3H3. The minimum Gasteiger partial charge on any atom is -0.497 e. The third kappa shape index (κ3) is 2.59. The van der Waals surface area contributed by atoms with Crippen LogP contribution in [0.15, 0.2) is 36.4 Å². The van der Waals surface area contributed by atoms with Gasteiger partial charge in [-0.25, -0.2) is 0 Å². The minimum atomic E-state index is 0.418. The molecule has 3 rings (SSSR count). The Morgan fingerprint density at radius 3 is 2.53 bits per heavy atom. The van der Waals surface area contributed by atoms with Gasteiger partial charge in [-0.05, 0) is 53.8 Å². The van der Waals surface area contributed by atoms with Crippen LogP contribution in [-0.4, -0.2) is 13.2 Å². The molecule has 0 aromatic heterocycles. The van der Waals surface area contributed by atoms with Crippen LogP contribution in [0.25, 0.3) is 10.8 Å². The Hall–Kier alpha value is -1.54. The van der Waals surface area contributed by atoms with Crippen LogP contribution >= 0.6 is 0 Å². The van der Waals surface area contributed by atoms with Crippen molar-refractivity contribution in [2.45, 2.75) is 32.4 Å². The average Bonchev–Trinajstić information content (AvgIpc) is 3.12. The fourth-order valence-electron chi connectivity index (χ4n) is 2.61. The quantitative estimate of drug-likeness (QED) is 0.894. The van der Waals surface area contributed by atoms with Crippen molar-refractivity contribution in [3.63, 3.8) is 0 Å². The molecule has 0 radical (unpaired) electrons. The van der Waals surface area contributed by atoms with Gasteiger partial charge in [-0.3, -0.25) is 0 Å². The van der Waals surface area contributed by atoms with Crippen molar-refractivity contribution in [1.82, 2.24) is 5.32 Å². The molecule has 3 atom stereocenters. The summed E-state index contributed by atoms with van der Waals surface area (Å²) < 4.78 is 5.26. The van der Waals surface area contributed by atoms with Crippen molar-refractivity contribution in [2.24, 2.45) is 5.92 Å². The second-order valence-electron chi connectivity index (χ2n) is 5.68. The van der Waals surface area contributed by atoms with Crippen LogP contribution in [-0.2, 0) is 0 Å². The van der Waals surface area contributed by atoms with E-state index in [1.54, 1.807) is 7.11 Å². The number of nitrogens with one attached hydrogen (secondary N) is 1. The maximum Gasteiger partial charge on any atom is 0.119 e. The van der Waals surface area contributed by atoms with Crippen LogP contribution in [0, 0.1) is 5.92 Å². The summed E-state index contributed by atoms with van der Waals surface area (Å²) in [6.07, 6.45) is 1.31. The molecule has 2 heteroatoms. The highest BCUT2D eigenvalue weighted by atomic mass is 16.5. The molecule has 100 valence electrons. The van der Waals surface area contributed by atoms with E-state index in [1.165, 1.54) is 22.8 Å². The average molecular weight is 255 g/mol. The van der Waals surface area contributed by atoms with Crippen LogP contribution in [0.1, 0.15) is 31.9 Å². The Morgan fingerprint density at radius 2 is 1.84 bits per heavy atom. The molecular weight excluding hydrogens is 234 g/mol. The van der Waals surface area contributed by atoms with Gasteiger partial charge in [0.1, 0.15) is 5.75 Å². The first-order valence-corrected chi connectivity index (χ1v) is 7.01. The van der Waals surface area contributed by atoms with Crippen LogP contribution in [0.4, 0.5) is 0 Å². The van der Waals surface area contributed by atoms with E-state index in [9.17, 15) is 0 Å². The molecule has 0 saturated heterocycles. The summed E-state index contributed by atoms with van der Waals surface area (Å²) in [6.45, 7) is 4.55. The maximum absolute atomic E-state index is 5.26. The van der Waals surface area contributed by atoms with Crippen LogP contribution in [0.5, 0.6) is 5.75 Å². The van der Waals surface area contributed by atoms with E-state index in [-0.39, 0.29) is 0 Å². The molecule has 0 amide bonds. The van der Waals surface area contributed by atoms with Gasteiger partial charge in [0, 0.05) is 12.1 Å². The van der Waals surface area contributed by atoms with Gasteiger partial charge >= 0.3 is 0 Å². The zero-order valence-electron chi connectivity index (χ0n) is 11.8. The molecule has 0 bridgehead atoms. The number of rotatable bonds is 4. The first-order chi connectivity index (χ1) is 9.17. The molecule has 1 aliphatic rings. The zero-order valence-corrected chi connectivity index (χ0v) is 11.8. The molecule has 0 aliphatic heterocycles. The maximum atomic E-state index is 5.26. The Labute approximate surface area is 114 Å². The first kappa shape index (κ1) is 12.5. The summed E-state index contributed by atoms with van der Waals surface area (Å²) in [5, 5.41) is 6.19. The van der Waals surface area contributed by atoms with Crippen molar-refractivity contribution < 1.29 is 4.74 Å². The monoisotopic (exact) mass is 255 g/mol. The van der Waals surface area contributed by atoms with Gasteiger partial charge in [-0.15, -0.1) is 0 Å². The lowest BCUT2D eigenvalue weighted by Gasteiger charge is -2.15. The molecular formula is C17H21NO. The van der Waals surface area contributed by atoms with E-state index in [4.69, 9.17) is 4.74 Å². The van der Waals surface area contributed by atoms with Crippen LogP contribution in [0.3, 0.4) is 0 Å². The largest absolute Gasteiger partial charge is 0.497 e. The number of hydrogen-bond acceptors (Lipinski definition) is 2. The molecule has 1 fully saturated rings. The van der Waals surface area contributed by atoms with Gasteiger partial charge in [0.05, 0.1) is 7.11 Å². The van der Waals surface area contributed by atoms with E-state index < -0.39 is 0 Å².